The first-order chi connectivity index (χ1) is 12.8. The van der Waals surface area contributed by atoms with E-state index in [0.717, 1.165) is 16.7 Å². The second-order valence-corrected chi connectivity index (χ2v) is 8.17. The zero-order valence-electron chi connectivity index (χ0n) is 16.2. The van der Waals surface area contributed by atoms with Gasteiger partial charge in [0.2, 0.25) is 15.9 Å². The average molecular weight is 387 g/mol. The molecule has 0 radical (unpaired) electrons. The van der Waals surface area contributed by atoms with Crippen molar-refractivity contribution in [1.29, 1.82) is 0 Å². The van der Waals surface area contributed by atoms with Crippen LogP contribution in [0.3, 0.4) is 0 Å². The van der Waals surface area contributed by atoms with Crippen molar-refractivity contribution < 1.29 is 13.2 Å². The fourth-order valence-electron chi connectivity index (χ4n) is 2.73. The number of sulfonamides is 1. The molecule has 1 N–H and O–H groups in total. The Morgan fingerprint density at radius 3 is 2.30 bits per heavy atom. The van der Waals surface area contributed by atoms with Gasteiger partial charge < -0.3 is 5.32 Å². The first-order valence-corrected chi connectivity index (χ1v) is 10.4. The van der Waals surface area contributed by atoms with Crippen molar-refractivity contribution in [1.82, 2.24) is 4.31 Å². The summed E-state index contributed by atoms with van der Waals surface area (Å²) in [7, 11) is -3.59. The summed E-state index contributed by atoms with van der Waals surface area (Å²) < 4.78 is 27.0. The van der Waals surface area contributed by atoms with Gasteiger partial charge in [-0.2, -0.15) is 4.31 Å². The van der Waals surface area contributed by atoms with E-state index in [2.05, 4.69) is 5.32 Å². The van der Waals surface area contributed by atoms with E-state index in [4.69, 9.17) is 0 Å². The highest BCUT2D eigenvalue weighted by atomic mass is 32.2. The second kappa shape index (κ2) is 8.97. The van der Waals surface area contributed by atoms with Gasteiger partial charge in [0.25, 0.3) is 0 Å². The van der Waals surface area contributed by atoms with E-state index in [9.17, 15) is 13.2 Å². The molecule has 2 rings (SSSR count). The second-order valence-electron chi connectivity index (χ2n) is 6.24. The third kappa shape index (κ3) is 5.05. The molecule has 2 aromatic rings. The number of carbonyl (C=O) groups is 1. The lowest BCUT2D eigenvalue weighted by atomic mass is 10.1. The van der Waals surface area contributed by atoms with Crippen LogP contribution in [-0.2, 0) is 14.8 Å². The van der Waals surface area contributed by atoms with Crippen LogP contribution in [0.15, 0.2) is 53.4 Å². The number of nitrogens with one attached hydrogen (secondary N) is 1. The van der Waals surface area contributed by atoms with E-state index < -0.39 is 10.0 Å². The standard InChI is InChI=1S/C21H26N2O3S/c1-5-23(6-2)27(25,26)19-14-16(3)17(4)20(15-19)22-21(24)13-12-18-10-8-7-9-11-18/h7-15H,5-6H2,1-4H3,(H,22,24)/b13-12+. The molecular weight excluding hydrogens is 360 g/mol. The molecule has 0 aliphatic rings. The van der Waals surface area contributed by atoms with Crippen LogP contribution in [0, 0.1) is 13.8 Å². The molecule has 5 nitrogen and oxygen atoms in total. The monoisotopic (exact) mass is 386 g/mol. The van der Waals surface area contributed by atoms with Gasteiger partial charge in [0.05, 0.1) is 4.90 Å². The van der Waals surface area contributed by atoms with Gasteiger partial charge in [-0.05, 0) is 48.7 Å². The average Bonchev–Trinajstić information content (AvgIpc) is 2.65. The van der Waals surface area contributed by atoms with Crippen LogP contribution < -0.4 is 5.32 Å². The largest absolute Gasteiger partial charge is 0.322 e. The van der Waals surface area contributed by atoms with Crippen LogP contribution in [0.2, 0.25) is 0 Å². The van der Waals surface area contributed by atoms with E-state index in [1.807, 2.05) is 44.2 Å². The topological polar surface area (TPSA) is 66.5 Å². The van der Waals surface area contributed by atoms with Crippen molar-refractivity contribution in [3.05, 3.63) is 65.2 Å². The van der Waals surface area contributed by atoms with Gasteiger partial charge in [-0.1, -0.05) is 44.2 Å². The molecule has 0 saturated heterocycles. The Labute approximate surface area is 161 Å². The molecular formula is C21H26N2O3S. The van der Waals surface area contributed by atoms with Crippen LogP contribution in [0.1, 0.15) is 30.5 Å². The van der Waals surface area contributed by atoms with Crippen LogP contribution in [0.4, 0.5) is 5.69 Å². The molecule has 0 atom stereocenters. The lowest BCUT2D eigenvalue weighted by Crippen LogP contribution is -2.30. The van der Waals surface area contributed by atoms with Gasteiger partial charge in [-0.25, -0.2) is 8.42 Å². The maximum atomic E-state index is 12.8. The Balaban J connectivity index is 2.31. The predicted octanol–water partition coefficient (Wildman–Crippen LogP) is 3.99. The number of anilines is 1. The van der Waals surface area contributed by atoms with Crippen molar-refractivity contribution in [2.24, 2.45) is 0 Å². The van der Waals surface area contributed by atoms with Gasteiger partial charge >= 0.3 is 0 Å². The van der Waals surface area contributed by atoms with E-state index in [1.165, 1.54) is 16.4 Å². The summed E-state index contributed by atoms with van der Waals surface area (Å²) in [6, 6.07) is 12.7. The molecule has 0 fully saturated rings. The van der Waals surface area contributed by atoms with Crippen LogP contribution in [0.5, 0.6) is 0 Å². The molecule has 1 amide bonds. The smallest absolute Gasteiger partial charge is 0.248 e. The van der Waals surface area contributed by atoms with Crippen LogP contribution >= 0.6 is 0 Å². The summed E-state index contributed by atoms with van der Waals surface area (Å²) in [5.41, 5.74) is 3.07. The summed E-state index contributed by atoms with van der Waals surface area (Å²) in [4.78, 5) is 12.5. The molecule has 0 bridgehead atoms. The molecule has 0 saturated carbocycles. The summed E-state index contributed by atoms with van der Waals surface area (Å²) >= 11 is 0. The summed E-state index contributed by atoms with van der Waals surface area (Å²) in [5.74, 6) is -0.307. The highest BCUT2D eigenvalue weighted by Gasteiger charge is 2.23. The Morgan fingerprint density at radius 2 is 1.70 bits per heavy atom. The Morgan fingerprint density at radius 1 is 1.07 bits per heavy atom. The molecule has 144 valence electrons. The quantitative estimate of drug-likeness (QED) is 0.732. The Hall–Kier alpha value is -2.44. The highest BCUT2D eigenvalue weighted by molar-refractivity contribution is 7.89. The molecule has 2 aromatic carbocycles. The number of amides is 1. The van der Waals surface area contributed by atoms with E-state index >= 15 is 0 Å². The van der Waals surface area contributed by atoms with Gasteiger partial charge in [-0.3, -0.25) is 4.79 Å². The summed E-state index contributed by atoms with van der Waals surface area (Å²) in [6.07, 6.45) is 3.16. The maximum Gasteiger partial charge on any atom is 0.248 e. The summed E-state index contributed by atoms with van der Waals surface area (Å²) in [6.45, 7) is 8.10. The fraction of sp³-hybridized carbons (Fsp3) is 0.286. The normalized spacial score (nSPS) is 11.9. The number of aryl methyl sites for hydroxylation is 1. The lowest BCUT2D eigenvalue weighted by molar-refractivity contribution is -0.111. The molecule has 0 heterocycles. The zero-order valence-corrected chi connectivity index (χ0v) is 17.0. The minimum Gasteiger partial charge on any atom is -0.322 e. The van der Waals surface area contributed by atoms with Crippen molar-refractivity contribution in [2.75, 3.05) is 18.4 Å². The molecule has 6 heteroatoms. The number of rotatable bonds is 7. The van der Waals surface area contributed by atoms with Crippen molar-refractivity contribution >= 4 is 27.7 Å². The van der Waals surface area contributed by atoms with Gasteiger partial charge in [0.1, 0.15) is 0 Å². The zero-order chi connectivity index (χ0) is 20.0. The number of hydrogen-bond donors (Lipinski definition) is 1. The van der Waals surface area contributed by atoms with Gasteiger partial charge in [0, 0.05) is 24.9 Å². The number of nitrogens with zero attached hydrogens (tertiary/aromatic N) is 1. The predicted molar refractivity (Wildman–Crippen MR) is 110 cm³/mol. The fourth-order valence-corrected chi connectivity index (χ4v) is 4.30. The minimum atomic E-state index is -3.59. The number of benzene rings is 2. The maximum absolute atomic E-state index is 12.8. The first kappa shape index (κ1) is 20.9. The molecule has 27 heavy (non-hydrogen) atoms. The molecule has 0 unspecified atom stereocenters. The van der Waals surface area contributed by atoms with E-state index in [0.29, 0.717) is 18.8 Å². The van der Waals surface area contributed by atoms with Gasteiger partial charge in [0.15, 0.2) is 0 Å². The van der Waals surface area contributed by atoms with E-state index in [1.54, 1.807) is 26.0 Å². The van der Waals surface area contributed by atoms with Gasteiger partial charge in [-0.15, -0.1) is 0 Å². The van der Waals surface area contributed by atoms with E-state index in [-0.39, 0.29) is 10.8 Å². The van der Waals surface area contributed by atoms with Crippen molar-refractivity contribution in [3.8, 4) is 0 Å². The molecule has 0 aromatic heterocycles. The molecule has 0 spiro atoms. The minimum absolute atomic E-state index is 0.191. The third-order valence-electron chi connectivity index (χ3n) is 4.47. The Kier molecular flexibility index (Phi) is 6.93. The summed E-state index contributed by atoms with van der Waals surface area (Å²) in [5, 5.41) is 2.80. The molecule has 0 aliphatic heterocycles. The third-order valence-corrected chi connectivity index (χ3v) is 6.50. The first-order valence-electron chi connectivity index (χ1n) is 8.95. The highest BCUT2D eigenvalue weighted by Crippen LogP contribution is 2.26. The van der Waals surface area contributed by atoms with Crippen molar-refractivity contribution in [3.63, 3.8) is 0 Å². The van der Waals surface area contributed by atoms with Crippen LogP contribution in [-0.4, -0.2) is 31.7 Å². The Bertz CT molecular complexity index is 931. The van der Waals surface area contributed by atoms with Crippen LogP contribution in [0.25, 0.3) is 6.08 Å². The number of hydrogen-bond acceptors (Lipinski definition) is 3. The molecule has 0 aliphatic carbocycles. The lowest BCUT2D eigenvalue weighted by Gasteiger charge is -2.20. The van der Waals surface area contributed by atoms with Crippen molar-refractivity contribution in [2.45, 2.75) is 32.6 Å². The number of carbonyl (C=O) groups excluding carboxylic acids is 1. The SMILES string of the molecule is CCN(CC)S(=O)(=O)c1cc(C)c(C)c(NC(=O)/C=C/c2ccccc2)c1.